The van der Waals surface area contributed by atoms with Crippen molar-refractivity contribution in [3.8, 4) is 0 Å². The molecule has 2 N–H and O–H groups in total. The van der Waals surface area contributed by atoms with E-state index in [2.05, 4.69) is 16.0 Å². The minimum absolute atomic E-state index is 0. The van der Waals surface area contributed by atoms with E-state index in [1.54, 1.807) is 11.0 Å². The molecule has 0 radical (unpaired) electrons. The van der Waals surface area contributed by atoms with Crippen molar-refractivity contribution >= 4 is 11.7 Å². The number of likely N-dealkylation sites (N-methyl/N-ethyl adjacent to an activating group) is 1. The maximum atomic E-state index is 12.1. The Kier molecular flexibility index (Phi) is 11.5. The average Bonchev–Trinajstić information content (AvgIpc) is 2.42. The Bertz CT molecular complexity index is 393. The molecule has 2 heterocycles. The molecule has 1 saturated heterocycles. The summed E-state index contributed by atoms with van der Waals surface area (Å²) in [7, 11) is 2.05. The van der Waals surface area contributed by atoms with Crippen molar-refractivity contribution < 1.29 is 25.9 Å². The SMILES string of the molecule is CC.CN1CCN(C(=O)c2c[c-]cnc2N)CC1.[CH3-].[W+2]. The number of nitrogens with zero attached hydrogens (tertiary/aromatic N) is 3. The number of hydrogen-bond donors (Lipinski definition) is 1. The number of nitrogens with two attached hydrogens (primary N) is 1. The quantitative estimate of drug-likeness (QED) is 0.659. The summed E-state index contributed by atoms with van der Waals surface area (Å²) >= 11 is 0. The predicted molar refractivity (Wildman–Crippen MR) is 78.6 cm³/mol. The standard InChI is InChI=1S/C11H15N4O.C2H6.CH3.W/c1-14-5-7-15(8-6-14)11(16)9-3-2-4-13-10(9)12;1-2;;/h3-4H,5-8H2,1H3,(H2,12,13);1-2H3;1H3;/q-1;;-1;+2. The normalized spacial score (nSPS) is 14.2. The van der Waals surface area contributed by atoms with Crippen molar-refractivity contribution in [3.05, 3.63) is 31.3 Å². The summed E-state index contributed by atoms with van der Waals surface area (Å²) in [4.78, 5) is 20.0. The van der Waals surface area contributed by atoms with Crippen LogP contribution in [0.25, 0.3) is 0 Å². The third-order valence-electron chi connectivity index (χ3n) is 2.80. The summed E-state index contributed by atoms with van der Waals surface area (Å²) in [6, 6.07) is 4.38. The van der Waals surface area contributed by atoms with Crippen molar-refractivity contribution in [1.29, 1.82) is 0 Å². The molecular formula is C14H24N4OW. The molecule has 5 nitrogen and oxygen atoms in total. The van der Waals surface area contributed by atoms with Crippen LogP contribution >= 0.6 is 0 Å². The van der Waals surface area contributed by atoms with Gasteiger partial charge < -0.3 is 23.0 Å². The van der Waals surface area contributed by atoms with Gasteiger partial charge in [-0.2, -0.15) is 0 Å². The minimum atomic E-state index is -0.0463. The third kappa shape index (κ3) is 5.59. The van der Waals surface area contributed by atoms with Gasteiger partial charge in [-0.15, -0.1) is 0 Å². The first kappa shape index (κ1) is 21.4. The molecule has 0 saturated carbocycles. The van der Waals surface area contributed by atoms with Crippen LogP contribution < -0.4 is 5.73 Å². The molecule has 1 aliphatic rings. The van der Waals surface area contributed by atoms with E-state index in [4.69, 9.17) is 5.73 Å². The monoisotopic (exact) mass is 448 g/mol. The van der Waals surface area contributed by atoms with Crippen molar-refractivity contribution in [2.45, 2.75) is 13.8 Å². The molecule has 1 aromatic rings. The van der Waals surface area contributed by atoms with Crippen LogP contribution in [0.5, 0.6) is 0 Å². The van der Waals surface area contributed by atoms with Crippen LogP contribution in [0.15, 0.2) is 12.3 Å². The molecule has 6 heteroatoms. The molecule has 20 heavy (non-hydrogen) atoms. The van der Waals surface area contributed by atoms with E-state index in [-0.39, 0.29) is 40.2 Å². The predicted octanol–water partition coefficient (Wildman–Crippen LogP) is 1.33. The van der Waals surface area contributed by atoms with E-state index in [0.29, 0.717) is 5.56 Å². The fourth-order valence-electron chi connectivity index (χ4n) is 1.72. The molecule has 0 spiro atoms. The number of piperazine rings is 1. The molecule has 1 aliphatic heterocycles. The molecule has 0 atom stereocenters. The number of amides is 1. The molecule has 112 valence electrons. The molecular weight excluding hydrogens is 424 g/mol. The number of carbonyl (C=O) groups excluding carboxylic acids is 1. The van der Waals surface area contributed by atoms with E-state index in [1.807, 2.05) is 20.9 Å². The van der Waals surface area contributed by atoms with Crippen LogP contribution in [0, 0.1) is 13.5 Å². The van der Waals surface area contributed by atoms with Gasteiger partial charge in [-0.1, -0.05) is 25.6 Å². The second-order valence-electron chi connectivity index (χ2n) is 3.96. The van der Waals surface area contributed by atoms with Gasteiger partial charge in [-0.25, -0.2) is 12.1 Å². The van der Waals surface area contributed by atoms with E-state index in [0.717, 1.165) is 26.2 Å². The van der Waals surface area contributed by atoms with Gasteiger partial charge in [-0.05, 0) is 7.05 Å². The maximum Gasteiger partial charge on any atom is 2.00 e. The van der Waals surface area contributed by atoms with E-state index >= 15 is 0 Å². The molecule has 0 unspecified atom stereocenters. The van der Waals surface area contributed by atoms with E-state index < -0.39 is 0 Å². The topological polar surface area (TPSA) is 62.5 Å². The van der Waals surface area contributed by atoms with Crippen LogP contribution in [0.3, 0.4) is 0 Å². The molecule has 1 amide bonds. The van der Waals surface area contributed by atoms with Gasteiger partial charge in [0.05, 0.1) is 5.82 Å². The van der Waals surface area contributed by atoms with Gasteiger partial charge in [0, 0.05) is 26.2 Å². The zero-order valence-corrected chi connectivity index (χ0v) is 15.7. The molecule has 0 aromatic carbocycles. The van der Waals surface area contributed by atoms with E-state index in [9.17, 15) is 4.79 Å². The Balaban J connectivity index is 0. The number of nitrogen functional groups attached to an aromatic ring is 1. The smallest absolute Gasteiger partial charge is 0.398 e. The van der Waals surface area contributed by atoms with Crippen LogP contribution in [-0.4, -0.2) is 53.9 Å². The first-order valence-electron chi connectivity index (χ1n) is 6.28. The summed E-state index contributed by atoms with van der Waals surface area (Å²) in [5.74, 6) is 0.234. The number of hydrogen-bond acceptors (Lipinski definition) is 4. The average molecular weight is 448 g/mol. The summed E-state index contributed by atoms with van der Waals surface area (Å²) in [6.45, 7) is 7.28. The van der Waals surface area contributed by atoms with Crippen molar-refractivity contribution in [1.82, 2.24) is 14.8 Å². The number of carbonyl (C=O) groups is 1. The Morgan fingerprint density at radius 3 is 2.35 bits per heavy atom. The molecule has 1 aromatic heterocycles. The molecule has 0 bridgehead atoms. The van der Waals surface area contributed by atoms with Gasteiger partial charge in [0.2, 0.25) is 0 Å². The fourth-order valence-corrected chi connectivity index (χ4v) is 1.72. The number of aromatic nitrogens is 1. The van der Waals surface area contributed by atoms with Gasteiger partial charge in [-0.3, -0.25) is 9.78 Å². The summed E-state index contributed by atoms with van der Waals surface area (Å²) < 4.78 is 0. The molecule has 0 aliphatic carbocycles. The number of rotatable bonds is 1. The second-order valence-corrected chi connectivity index (χ2v) is 3.96. The summed E-state index contributed by atoms with van der Waals surface area (Å²) in [5, 5.41) is 0. The second kappa shape index (κ2) is 10.8. The van der Waals surface area contributed by atoms with Crippen molar-refractivity contribution in [3.63, 3.8) is 0 Å². The summed E-state index contributed by atoms with van der Waals surface area (Å²) in [6.07, 6.45) is 1.47. The van der Waals surface area contributed by atoms with Crippen LogP contribution in [0.4, 0.5) is 5.82 Å². The van der Waals surface area contributed by atoms with Gasteiger partial charge in [0.1, 0.15) is 0 Å². The van der Waals surface area contributed by atoms with Crippen molar-refractivity contribution in [2.75, 3.05) is 39.0 Å². The number of pyridine rings is 1. The van der Waals surface area contributed by atoms with Gasteiger partial charge >= 0.3 is 21.1 Å². The van der Waals surface area contributed by atoms with Gasteiger partial charge in [0.15, 0.2) is 5.91 Å². The zero-order chi connectivity index (χ0) is 13.5. The largest absolute Gasteiger partial charge is 2.00 e. The van der Waals surface area contributed by atoms with Crippen LogP contribution in [0.1, 0.15) is 24.2 Å². The molecule has 1 fully saturated rings. The van der Waals surface area contributed by atoms with Gasteiger partial charge in [0.25, 0.3) is 0 Å². The maximum absolute atomic E-state index is 12.1. The Labute approximate surface area is 136 Å². The Hall–Kier alpha value is -0.932. The molecule has 2 rings (SSSR count). The third-order valence-corrected chi connectivity index (χ3v) is 2.80. The zero-order valence-electron chi connectivity index (χ0n) is 12.7. The van der Waals surface area contributed by atoms with Crippen LogP contribution in [-0.2, 0) is 21.1 Å². The number of anilines is 1. The first-order valence-corrected chi connectivity index (χ1v) is 6.28. The first-order chi connectivity index (χ1) is 8.68. The Morgan fingerprint density at radius 2 is 1.85 bits per heavy atom. The van der Waals surface area contributed by atoms with Crippen molar-refractivity contribution in [2.24, 2.45) is 0 Å². The van der Waals surface area contributed by atoms with E-state index in [1.165, 1.54) is 6.20 Å². The fraction of sp³-hybridized carbons (Fsp3) is 0.500. The summed E-state index contributed by atoms with van der Waals surface area (Å²) in [5.41, 5.74) is 6.12. The Morgan fingerprint density at radius 1 is 1.30 bits per heavy atom. The minimum Gasteiger partial charge on any atom is -0.398 e. The van der Waals surface area contributed by atoms with Crippen LogP contribution in [0.2, 0.25) is 0 Å².